The zero-order valence-corrected chi connectivity index (χ0v) is 8.13. The molecule has 0 bridgehead atoms. The predicted molar refractivity (Wildman–Crippen MR) is 51.7 cm³/mol. The van der Waals surface area contributed by atoms with Gasteiger partial charge in [0.05, 0.1) is 5.02 Å². The molecule has 0 aromatic heterocycles. The molecule has 0 aliphatic carbocycles. The molecule has 0 saturated carbocycles. The fraction of sp³-hybridized carbons (Fsp3) is 0.333. The summed E-state index contributed by atoms with van der Waals surface area (Å²) >= 11 is 5.56. The van der Waals surface area contributed by atoms with Crippen LogP contribution >= 0.6 is 11.6 Å². The molecule has 4 N–H and O–H groups in total. The maximum atomic E-state index is 13.0. The van der Waals surface area contributed by atoms with Crippen LogP contribution in [0, 0.1) is 5.82 Å². The van der Waals surface area contributed by atoms with Crippen molar-refractivity contribution in [2.45, 2.75) is 12.5 Å². The van der Waals surface area contributed by atoms with Gasteiger partial charge >= 0.3 is 0 Å². The van der Waals surface area contributed by atoms with Crippen LogP contribution in [0.4, 0.5) is 4.39 Å². The average molecular weight is 220 g/mol. The number of hydrogen-bond donors (Lipinski definition) is 3. The summed E-state index contributed by atoms with van der Waals surface area (Å²) in [6, 6.07) is 2.02. The van der Waals surface area contributed by atoms with E-state index in [4.69, 9.17) is 27.5 Å². The summed E-state index contributed by atoms with van der Waals surface area (Å²) in [4.78, 5) is 0. The maximum absolute atomic E-state index is 13.0. The van der Waals surface area contributed by atoms with Gasteiger partial charge in [-0.15, -0.1) is 0 Å². The first-order valence-corrected chi connectivity index (χ1v) is 4.48. The molecule has 0 unspecified atom stereocenters. The second-order valence-electron chi connectivity index (χ2n) is 2.95. The van der Waals surface area contributed by atoms with Crippen molar-refractivity contribution >= 4 is 11.6 Å². The first kappa shape index (κ1) is 11.2. The molecule has 0 aliphatic rings. The van der Waals surface area contributed by atoms with Crippen molar-refractivity contribution in [2.75, 3.05) is 6.61 Å². The first-order valence-electron chi connectivity index (χ1n) is 4.10. The van der Waals surface area contributed by atoms with E-state index in [1.165, 1.54) is 6.07 Å². The summed E-state index contributed by atoms with van der Waals surface area (Å²) < 4.78 is 13.0. The highest BCUT2D eigenvalue weighted by molar-refractivity contribution is 6.32. The number of halogens is 2. The van der Waals surface area contributed by atoms with E-state index in [0.717, 1.165) is 6.07 Å². The lowest BCUT2D eigenvalue weighted by Crippen LogP contribution is -2.12. The van der Waals surface area contributed by atoms with Gasteiger partial charge in [0.1, 0.15) is 0 Å². The van der Waals surface area contributed by atoms with Crippen LogP contribution in [0.25, 0.3) is 0 Å². The lowest BCUT2D eigenvalue weighted by atomic mass is 10.0. The Labute approximate surface area is 85.9 Å². The quantitative estimate of drug-likeness (QED) is 0.723. The lowest BCUT2D eigenvalue weighted by molar-refractivity contribution is 0.276. The van der Waals surface area contributed by atoms with Gasteiger partial charge < -0.3 is 15.9 Å². The Hall–Kier alpha value is -0.840. The molecule has 1 atom stereocenters. The second-order valence-corrected chi connectivity index (χ2v) is 3.36. The Balaban J connectivity index is 3.00. The van der Waals surface area contributed by atoms with E-state index < -0.39 is 17.6 Å². The SMILES string of the molecule is N[C@@H](CCO)c1cc(F)c(O)c(Cl)c1. The van der Waals surface area contributed by atoms with Crippen LogP contribution in [0.1, 0.15) is 18.0 Å². The molecule has 1 rings (SSSR count). The topological polar surface area (TPSA) is 66.5 Å². The predicted octanol–water partition coefficient (Wildman–Crippen LogP) is 1.57. The molecule has 78 valence electrons. The number of aromatic hydroxyl groups is 1. The van der Waals surface area contributed by atoms with E-state index in [-0.39, 0.29) is 11.6 Å². The van der Waals surface area contributed by atoms with Gasteiger partial charge in [0.15, 0.2) is 11.6 Å². The fourth-order valence-electron chi connectivity index (χ4n) is 1.10. The molecule has 0 saturated heterocycles. The Kier molecular flexibility index (Phi) is 3.69. The van der Waals surface area contributed by atoms with Crippen LogP contribution in [0.2, 0.25) is 5.02 Å². The van der Waals surface area contributed by atoms with Gasteiger partial charge in [0, 0.05) is 12.6 Å². The standard InChI is InChI=1S/C9H11ClFNO2/c10-6-3-5(8(12)1-2-13)4-7(11)9(6)14/h3-4,8,13-14H,1-2,12H2/t8-/m0/s1. The van der Waals surface area contributed by atoms with Gasteiger partial charge in [0.2, 0.25) is 0 Å². The summed E-state index contributed by atoms with van der Waals surface area (Å²) in [6.07, 6.45) is 0.320. The summed E-state index contributed by atoms with van der Waals surface area (Å²) in [5, 5.41) is 17.6. The molecule has 5 heteroatoms. The van der Waals surface area contributed by atoms with Crippen LogP contribution < -0.4 is 5.73 Å². The minimum Gasteiger partial charge on any atom is -0.504 e. The fourth-order valence-corrected chi connectivity index (χ4v) is 1.32. The Morgan fingerprint density at radius 3 is 2.64 bits per heavy atom. The number of rotatable bonds is 3. The van der Waals surface area contributed by atoms with Gasteiger partial charge in [-0.25, -0.2) is 4.39 Å². The Morgan fingerprint density at radius 2 is 2.14 bits per heavy atom. The van der Waals surface area contributed by atoms with Crippen molar-refractivity contribution < 1.29 is 14.6 Å². The highest BCUT2D eigenvalue weighted by Gasteiger charge is 2.12. The summed E-state index contributed by atoms with van der Waals surface area (Å²) in [5.74, 6) is -1.38. The van der Waals surface area contributed by atoms with Gasteiger partial charge in [-0.05, 0) is 24.1 Å². The molecule has 0 fully saturated rings. The van der Waals surface area contributed by atoms with Crippen molar-refractivity contribution in [2.24, 2.45) is 5.73 Å². The highest BCUT2D eigenvalue weighted by atomic mass is 35.5. The average Bonchev–Trinajstić information content (AvgIpc) is 2.13. The largest absolute Gasteiger partial charge is 0.504 e. The molecule has 0 aliphatic heterocycles. The van der Waals surface area contributed by atoms with Crippen molar-refractivity contribution in [3.63, 3.8) is 0 Å². The molecule has 0 heterocycles. The molecule has 1 aromatic rings. The zero-order valence-electron chi connectivity index (χ0n) is 7.37. The highest BCUT2D eigenvalue weighted by Crippen LogP contribution is 2.30. The van der Waals surface area contributed by atoms with Gasteiger partial charge in [0.25, 0.3) is 0 Å². The monoisotopic (exact) mass is 219 g/mol. The molecule has 0 spiro atoms. The number of aliphatic hydroxyl groups is 1. The van der Waals surface area contributed by atoms with Gasteiger partial charge in [-0.3, -0.25) is 0 Å². The van der Waals surface area contributed by atoms with Crippen LogP contribution in [-0.2, 0) is 0 Å². The molecular formula is C9H11ClFNO2. The number of phenolic OH excluding ortho intramolecular Hbond substituents is 1. The third kappa shape index (κ3) is 2.35. The molecule has 14 heavy (non-hydrogen) atoms. The van der Waals surface area contributed by atoms with E-state index in [2.05, 4.69) is 0 Å². The van der Waals surface area contributed by atoms with Crippen LogP contribution in [0.3, 0.4) is 0 Å². The smallest absolute Gasteiger partial charge is 0.170 e. The van der Waals surface area contributed by atoms with Gasteiger partial charge in [-0.2, -0.15) is 0 Å². The minimum absolute atomic E-state index is 0.0756. The van der Waals surface area contributed by atoms with Crippen molar-refractivity contribution in [3.8, 4) is 5.75 Å². The molecule has 0 radical (unpaired) electrons. The van der Waals surface area contributed by atoms with E-state index in [0.29, 0.717) is 12.0 Å². The molecule has 3 nitrogen and oxygen atoms in total. The second kappa shape index (κ2) is 4.59. The normalized spacial score (nSPS) is 12.9. The lowest BCUT2D eigenvalue weighted by Gasteiger charge is -2.11. The van der Waals surface area contributed by atoms with Crippen molar-refractivity contribution in [3.05, 3.63) is 28.5 Å². The summed E-state index contributed by atoms with van der Waals surface area (Å²) in [6.45, 7) is -0.0821. The number of nitrogens with two attached hydrogens (primary N) is 1. The van der Waals surface area contributed by atoms with Crippen molar-refractivity contribution in [1.29, 1.82) is 0 Å². The number of benzene rings is 1. The molecule has 0 amide bonds. The minimum atomic E-state index is -0.805. The summed E-state index contributed by atoms with van der Waals surface area (Å²) in [5.41, 5.74) is 6.08. The summed E-state index contributed by atoms with van der Waals surface area (Å²) in [7, 11) is 0. The number of phenols is 1. The van der Waals surface area contributed by atoms with Crippen LogP contribution in [-0.4, -0.2) is 16.8 Å². The van der Waals surface area contributed by atoms with Crippen LogP contribution in [0.15, 0.2) is 12.1 Å². The van der Waals surface area contributed by atoms with E-state index in [1.807, 2.05) is 0 Å². The third-order valence-corrected chi connectivity index (χ3v) is 2.20. The first-order chi connectivity index (χ1) is 6.56. The zero-order chi connectivity index (χ0) is 10.7. The van der Waals surface area contributed by atoms with E-state index in [9.17, 15) is 4.39 Å². The number of hydrogen-bond acceptors (Lipinski definition) is 3. The third-order valence-electron chi connectivity index (χ3n) is 1.91. The van der Waals surface area contributed by atoms with Crippen molar-refractivity contribution in [1.82, 2.24) is 0 Å². The number of aliphatic hydroxyl groups excluding tert-OH is 1. The van der Waals surface area contributed by atoms with Crippen LogP contribution in [0.5, 0.6) is 5.75 Å². The Bertz CT molecular complexity index is 310. The molecule has 1 aromatic carbocycles. The Morgan fingerprint density at radius 1 is 1.50 bits per heavy atom. The van der Waals surface area contributed by atoms with E-state index >= 15 is 0 Å². The maximum Gasteiger partial charge on any atom is 0.170 e. The van der Waals surface area contributed by atoms with E-state index in [1.54, 1.807) is 0 Å². The van der Waals surface area contributed by atoms with Gasteiger partial charge in [-0.1, -0.05) is 11.6 Å². The molecular weight excluding hydrogens is 209 g/mol.